The molecule has 0 bridgehead atoms. The normalized spacial score (nSPS) is 20.9. The molecule has 4 N–H and O–H groups in total. The minimum Gasteiger partial charge on any atom is -0.409 e. The second-order valence-corrected chi connectivity index (χ2v) is 4.94. The van der Waals surface area contributed by atoms with Gasteiger partial charge in [-0.15, -0.1) is 0 Å². The average Bonchev–Trinajstić information content (AvgIpc) is 2.75. The average molecular weight is 290 g/mol. The Morgan fingerprint density at radius 2 is 2.14 bits per heavy atom. The van der Waals surface area contributed by atoms with Crippen LogP contribution < -0.4 is 11.1 Å². The number of oxime groups is 1. The topological polar surface area (TPSA) is 108 Å². The van der Waals surface area contributed by atoms with Crippen LogP contribution in [0.4, 0.5) is 0 Å². The molecule has 1 aliphatic heterocycles. The molecule has 1 aliphatic rings. The van der Waals surface area contributed by atoms with Gasteiger partial charge in [0.1, 0.15) is 5.84 Å². The summed E-state index contributed by atoms with van der Waals surface area (Å²) in [7, 11) is 1.46. The smallest absolute Gasteiger partial charge is 0.246 e. The first-order chi connectivity index (χ1) is 10.0. The van der Waals surface area contributed by atoms with Gasteiger partial charge in [0, 0.05) is 13.6 Å². The molecule has 2 unspecified atom stereocenters. The van der Waals surface area contributed by atoms with Crippen LogP contribution in [0.2, 0.25) is 0 Å². The number of likely N-dealkylation sites (tertiary alicyclic amines) is 1. The van der Waals surface area contributed by atoms with Gasteiger partial charge in [-0.05, 0) is 5.56 Å². The number of nitrogens with two attached hydrogens (primary N) is 1. The minimum absolute atomic E-state index is 0.0545. The third-order valence-corrected chi connectivity index (χ3v) is 3.62. The van der Waals surface area contributed by atoms with Gasteiger partial charge in [-0.1, -0.05) is 35.5 Å². The Hall–Kier alpha value is -2.41. The van der Waals surface area contributed by atoms with Crippen molar-refractivity contribution in [2.45, 2.75) is 18.4 Å². The number of nitrogens with zero attached hydrogens (tertiary/aromatic N) is 2. The van der Waals surface area contributed by atoms with Gasteiger partial charge in [-0.2, -0.15) is 0 Å². The maximum absolute atomic E-state index is 11.8. The van der Waals surface area contributed by atoms with Crippen LogP contribution in [0.5, 0.6) is 0 Å². The first kappa shape index (κ1) is 15.0. The Balaban J connectivity index is 2.08. The number of benzene rings is 1. The molecular weight excluding hydrogens is 272 g/mol. The highest BCUT2D eigenvalue weighted by Gasteiger charge is 2.36. The third-order valence-electron chi connectivity index (χ3n) is 3.62. The number of imide groups is 1. The highest BCUT2D eigenvalue weighted by atomic mass is 16.4. The fourth-order valence-electron chi connectivity index (χ4n) is 2.32. The van der Waals surface area contributed by atoms with E-state index in [1.54, 1.807) is 0 Å². The molecule has 1 fully saturated rings. The molecule has 1 aromatic carbocycles. The number of carbonyl (C=O) groups excluding carboxylic acids is 2. The van der Waals surface area contributed by atoms with Gasteiger partial charge in [-0.3, -0.25) is 14.5 Å². The lowest BCUT2D eigenvalue weighted by atomic mass is 9.97. The van der Waals surface area contributed by atoms with E-state index in [1.165, 1.54) is 7.05 Å². The zero-order valence-electron chi connectivity index (χ0n) is 11.7. The fraction of sp³-hybridized carbons (Fsp3) is 0.357. The zero-order valence-corrected chi connectivity index (χ0v) is 11.7. The van der Waals surface area contributed by atoms with Crippen molar-refractivity contribution in [1.82, 2.24) is 10.2 Å². The molecule has 2 amide bonds. The summed E-state index contributed by atoms with van der Waals surface area (Å²) in [5.41, 5.74) is 6.59. The number of hydrogen-bond acceptors (Lipinski definition) is 5. The van der Waals surface area contributed by atoms with Crippen molar-refractivity contribution < 1.29 is 14.8 Å². The van der Waals surface area contributed by atoms with Gasteiger partial charge >= 0.3 is 0 Å². The summed E-state index contributed by atoms with van der Waals surface area (Å²) in [5, 5.41) is 15.0. The maximum Gasteiger partial charge on any atom is 0.246 e. The first-order valence-corrected chi connectivity index (χ1v) is 6.60. The summed E-state index contributed by atoms with van der Waals surface area (Å²) >= 11 is 0. The summed E-state index contributed by atoms with van der Waals surface area (Å²) in [6, 6.07) is 8.74. The molecule has 21 heavy (non-hydrogen) atoms. The van der Waals surface area contributed by atoms with Gasteiger partial charge in [-0.25, -0.2) is 0 Å². The quantitative estimate of drug-likeness (QED) is 0.230. The Morgan fingerprint density at radius 1 is 1.48 bits per heavy atom. The summed E-state index contributed by atoms with van der Waals surface area (Å²) in [5.74, 6) is -0.785. The molecule has 0 radical (unpaired) electrons. The van der Waals surface area contributed by atoms with Crippen LogP contribution in [-0.2, 0) is 9.59 Å². The maximum atomic E-state index is 11.8. The van der Waals surface area contributed by atoms with E-state index in [0.717, 1.165) is 10.5 Å². The number of likely N-dealkylation sites (N-methyl/N-ethyl adjacent to an activating group) is 1. The second kappa shape index (κ2) is 6.36. The van der Waals surface area contributed by atoms with Crippen molar-refractivity contribution in [1.29, 1.82) is 0 Å². The van der Waals surface area contributed by atoms with Gasteiger partial charge in [0.25, 0.3) is 0 Å². The van der Waals surface area contributed by atoms with E-state index in [4.69, 9.17) is 10.9 Å². The monoisotopic (exact) mass is 290 g/mol. The molecule has 1 aromatic rings. The van der Waals surface area contributed by atoms with Crippen LogP contribution in [0.1, 0.15) is 17.9 Å². The summed E-state index contributed by atoms with van der Waals surface area (Å²) in [6.45, 7) is 0.303. The molecule has 1 saturated heterocycles. The van der Waals surface area contributed by atoms with Gasteiger partial charge < -0.3 is 16.3 Å². The van der Waals surface area contributed by atoms with E-state index in [9.17, 15) is 9.59 Å². The minimum atomic E-state index is -0.555. The van der Waals surface area contributed by atoms with Crippen LogP contribution in [-0.4, -0.2) is 47.4 Å². The van der Waals surface area contributed by atoms with Crippen LogP contribution in [0.3, 0.4) is 0 Å². The second-order valence-electron chi connectivity index (χ2n) is 4.94. The molecule has 0 aliphatic carbocycles. The summed E-state index contributed by atoms with van der Waals surface area (Å²) in [4.78, 5) is 24.4. The van der Waals surface area contributed by atoms with Gasteiger partial charge in [0.2, 0.25) is 11.8 Å². The van der Waals surface area contributed by atoms with E-state index in [1.807, 2.05) is 30.3 Å². The van der Waals surface area contributed by atoms with Crippen molar-refractivity contribution in [3.05, 3.63) is 35.9 Å². The summed E-state index contributed by atoms with van der Waals surface area (Å²) < 4.78 is 0. The van der Waals surface area contributed by atoms with Crippen molar-refractivity contribution >= 4 is 17.6 Å². The largest absolute Gasteiger partial charge is 0.409 e. The van der Waals surface area contributed by atoms with Crippen molar-refractivity contribution in [2.75, 3.05) is 13.6 Å². The number of carbonyl (C=O) groups is 2. The Labute approximate surface area is 122 Å². The van der Waals surface area contributed by atoms with Crippen LogP contribution >= 0.6 is 0 Å². The lowest BCUT2D eigenvalue weighted by Gasteiger charge is -2.19. The summed E-state index contributed by atoms with van der Waals surface area (Å²) in [6.07, 6.45) is 0.132. The molecule has 2 rings (SSSR count). The molecule has 1 heterocycles. The van der Waals surface area contributed by atoms with Crippen LogP contribution in [0.15, 0.2) is 35.5 Å². The number of amides is 2. The Bertz CT molecular complexity index is 559. The molecular formula is C14H18N4O3. The molecule has 0 aromatic heterocycles. The lowest BCUT2D eigenvalue weighted by molar-refractivity contribution is -0.137. The van der Waals surface area contributed by atoms with Gasteiger partial charge in [0.05, 0.1) is 18.4 Å². The molecule has 0 saturated carbocycles. The number of hydrogen-bond donors (Lipinski definition) is 3. The molecule has 2 atom stereocenters. The standard InChI is InChI=1S/C14H18N4O3/c1-18-12(19)7-11(14(18)20)16-8-10(13(15)17-21)9-5-3-2-4-6-9/h2-6,10-11,16,21H,7-8H2,1H3,(H2,15,17). The molecule has 7 nitrogen and oxygen atoms in total. The number of amidine groups is 1. The Kier molecular flexibility index (Phi) is 4.54. The van der Waals surface area contributed by atoms with Crippen LogP contribution in [0, 0.1) is 0 Å². The van der Waals surface area contributed by atoms with E-state index in [-0.39, 0.29) is 30.0 Å². The van der Waals surface area contributed by atoms with Crippen molar-refractivity contribution in [3.8, 4) is 0 Å². The zero-order chi connectivity index (χ0) is 15.4. The van der Waals surface area contributed by atoms with Crippen molar-refractivity contribution in [2.24, 2.45) is 10.9 Å². The highest BCUT2D eigenvalue weighted by molar-refractivity contribution is 6.05. The Morgan fingerprint density at radius 3 is 2.67 bits per heavy atom. The third kappa shape index (κ3) is 3.19. The SMILES string of the molecule is CN1C(=O)CC(NCC(C(N)=NO)c2ccccc2)C1=O. The lowest BCUT2D eigenvalue weighted by Crippen LogP contribution is -2.41. The van der Waals surface area contributed by atoms with Gasteiger partial charge in [0.15, 0.2) is 0 Å². The van der Waals surface area contributed by atoms with Crippen molar-refractivity contribution in [3.63, 3.8) is 0 Å². The van der Waals surface area contributed by atoms with Crippen LogP contribution in [0.25, 0.3) is 0 Å². The predicted molar refractivity (Wildman–Crippen MR) is 76.8 cm³/mol. The molecule has 0 spiro atoms. The fourth-order valence-corrected chi connectivity index (χ4v) is 2.32. The van der Waals surface area contributed by atoms with E-state index < -0.39 is 6.04 Å². The first-order valence-electron chi connectivity index (χ1n) is 6.60. The van der Waals surface area contributed by atoms with E-state index in [2.05, 4.69) is 10.5 Å². The number of nitrogens with one attached hydrogen (secondary N) is 1. The van der Waals surface area contributed by atoms with E-state index in [0.29, 0.717) is 6.54 Å². The van der Waals surface area contributed by atoms with E-state index >= 15 is 0 Å². The number of rotatable bonds is 5. The molecule has 7 heteroatoms. The predicted octanol–water partition coefficient (Wildman–Crippen LogP) is -0.136. The molecule has 112 valence electrons. The highest BCUT2D eigenvalue weighted by Crippen LogP contribution is 2.17.